The predicted octanol–water partition coefficient (Wildman–Crippen LogP) is 6.94. The van der Waals surface area contributed by atoms with Crippen LogP contribution in [-0.2, 0) is 16.1 Å². The van der Waals surface area contributed by atoms with Crippen molar-refractivity contribution in [3.63, 3.8) is 0 Å². The fourth-order valence-corrected chi connectivity index (χ4v) is 2.89. The van der Waals surface area contributed by atoms with Crippen LogP contribution in [-0.4, -0.2) is 11.0 Å². The Morgan fingerprint density at radius 3 is 2.33 bits per heavy atom. The summed E-state index contributed by atoms with van der Waals surface area (Å²) >= 11 is 0. The predicted molar refractivity (Wildman–Crippen MR) is 113 cm³/mol. The number of hydrogen-bond donors (Lipinski definition) is 0. The van der Waals surface area contributed by atoms with E-state index < -0.39 is 0 Å². The van der Waals surface area contributed by atoms with Gasteiger partial charge in [0.2, 0.25) is 0 Å². The van der Waals surface area contributed by atoms with Crippen molar-refractivity contribution in [2.24, 2.45) is 0 Å². The van der Waals surface area contributed by atoms with Gasteiger partial charge in [-0.2, -0.15) is 0 Å². The van der Waals surface area contributed by atoms with Crippen LogP contribution in [0.5, 0.6) is 0 Å². The molecule has 0 unspecified atom stereocenters. The highest BCUT2D eigenvalue weighted by Crippen LogP contribution is 2.11. The van der Waals surface area contributed by atoms with Crippen molar-refractivity contribution in [3.05, 3.63) is 54.4 Å². The van der Waals surface area contributed by atoms with Gasteiger partial charge in [-0.15, -0.1) is 0 Å². The van der Waals surface area contributed by atoms with Crippen molar-refractivity contribution in [1.29, 1.82) is 0 Å². The van der Waals surface area contributed by atoms with Crippen molar-refractivity contribution in [1.82, 2.24) is 4.98 Å². The Kier molecular flexibility index (Phi) is 15.0. The topological polar surface area (TPSA) is 39.2 Å². The van der Waals surface area contributed by atoms with E-state index in [1.807, 2.05) is 18.2 Å². The lowest BCUT2D eigenvalue weighted by Gasteiger charge is -2.01. The first-order chi connectivity index (χ1) is 13.3. The molecule has 0 amide bonds. The van der Waals surface area contributed by atoms with Gasteiger partial charge in [0, 0.05) is 24.0 Å². The second-order valence-electron chi connectivity index (χ2n) is 7.05. The molecule has 0 bridgehead atoms. The number of allylic oxidation sites excluding steroid dienone is 3. The summed E-state index contributed by atoms with van der Waals surface area (Å²) in [7, 11) is 0. The number of carbonyl (C=O) groups is 1. The van der Waals surface area contributed by atoms with E-state index in [-0.39, 0.29) is 12.6 Å². The van der Waals surface area contributed by atoms with E-state index in [1.54, 1.807) is 12.4 Å². The van der Waals surface area contributed by atoms with Crippen LogP contribution in [0.4, 0.5) is 0 Å². The van der Waals surface area contributed by atoms with E-state index in [2.05, 4.69) is 24.1 Å². The SMILES string of the molecule is CCCCCCCCCCCC/C=C\C/C=C\C(=O)OCc1cccnc1. The molecule has 1 rings (SSSR count). The lowest BCUT2D eigenvalue weighted by molar-refractivity contribution is -0.139. The number of esters is 1. The minimum absolute atomic E-state index is 0.269. The number of ether oxygens (including phenoxy) is 1. The Hall–Kier alpha value is -1.90. The molecule has 0 saturated carbocycles. The van der Waals surface area contributed by atoms with E-state index in [4.69, 9.17) is 4.74 Å². The molecule has 1 aromatic rings. The molecular weight excluding hydrogens is 334 g/mol. The summed E-state index contributed by atoms with van der Waals surface area (Å²) in [5, 5.41) is 0. The van der Waals surface area contributed by atoms with E-state index in [0.29, 0.717) is 0 Å². The second kappa shape index (κ2) is 17.5. The number of nitrogens with zero attached hydrogens (tertiary/aromatic N) is 1. The van der Waals surface area contributed by atoms with Crippen molar-refractivity contribution >= 4 is 5.97 Å². The van der Waals surface area contributed by atoms with Gasteiger partial charge in [0.1, 0.15) is 6.61 Å². The molecule has 0 saturated heterocycles. The van der Waals surface area contributed by atoms with Crippen LogP contribution < -0.4 is 0 Å². The molecule has 1 aromatic heterocycles. The number of hydrogen-bond acceptors (Lipinski definition) is 3. The largest absolute Gasteiger partial charge is 0.458 e. The molecule has 1 heterocycles. The minimum Gasteiger partial charge on any atom is -0.458 e. The summed E-state index contributed by atoms with van der Waals surface area (Å²) in [5.74, 6) is -0.304. The zero-order valence-corrected chi connectivity index (χ0v) is 17.1. The van der Waals surface area contributed by atoms with E-state index >= 15 is 0 Å². The first-order valence-corrected chi connectivity index (χ1v) is 10.7. The molecule has 0 spiro atoms. The molecule has 3 nitrogen and oxygen atoms in total. The highest BCUT2D eigenvalue weighted by molar-refractivity contribution is 5.81. The smallest absolute Gasteiger partial charge is 0.330 e. The monoisotopic (exact) mass is 371 g/mol. The molecule has 0 aromatic carbocycles. The number of unbranched alkanes of at least 4 members (excludes halogenated alkanes) is 10. The maximum Gasteiger partial charge on any atom is 0.330 e. The van der Waals surface area contributed by atoms with Gasteiger partial charge in [-0.1, -0.05) is 89.0 Å². The third-order valence-corrected chi connectivity index (χ3v) is 4.52. The minimum atomic E-state index is -0.304. The summed E-state index contributed by atoms with van der Waals surface area (Å²) in [4.78, 5) is 15.6. The highest BCUT2D eigenvalue weighted by Gasteiger charge is 1.97. The molecule has 150 valence electrons. The van der Waals surface area contributed by atoms with Gasteiger partial charge in [0.05, 0.1) is 0 Å². The lowest BCUT2D eigenvalue weighted by Crippen LogP contribution is -2.00. The molecule has 27 heavy (non-hydrogen) atoms. The maximum atomic E-state index is 11.6. The summed E-state index contributed by atoms with van der Waals surface area (Å²) in [6.07, 6.45) is 26.7. The second-order valence-corrected chi connectivity index (χ2v) is 7.05. The van der Waals surface area contributed by atoms with Crippen molar-refractivity contribution in [2.75, 3.05) is 0 Å². The fraction of sp³-hybridized carbons (Fsp3) is 0.583. The first-order valence-electron chi connectivity index (χ1n) is 10.7. The molecule has 0 radical (unpaired) electrons. The Labute approximate surface area is 165 Å². The van der Waals surface area contributed by atoms with Crippen LogP contribution in [0.15, 0.2) is 48.8 Å². The molecule has 0 fully saturated rings. The molecule has 0 aliphatic carbocycles. The number of carbonyl (C=O) groups excluding carboxylic acids is 1. The molecular formula is C24H37NO2. The first kappa shape index (κ1) is 23.1. The van der Waals surface area contributed by atoms with Gasteiger partial charge in [-0.25, -0.2) is 4.79 Å². The fourth-order valence-electron chi connectivity index (χ4n) is 2.89. The quantitative estimate of drug-likeness (QED) is 0.137. The number of aromatic nitrogens is 1. The number of rotatable bonds is 16. The summed E-state index contributed by atoms with van der Waals surface area (Å²) in [5.41, 5.74) is 0.899. The summed E-state index contributed by atoms with van der Waals surface area (Å²) in [6, 6.07) is 3.72. The van der Waals surface area contributed by atoms with Crippen LogP contribution in [0.2, 0.25) is 0 Å². The molecule has 0 atom stereocenters. The Morgan fingerprint density at radius 2 is 1.67 bits per heavy atom. The van der Waals surface area contributed by atoms with Gasteiger partial charge in [-0.05, 0) is 25.3 Å². The highest BCUT2D eigenvalue weighted by atomic mass is 16.5. The standard InChI is InChI=1S/C24H37NO2/c1-2-3-4-5-6-7-8-9-10-11-12-13-14-15-16-19-24(26)27-22-23-18-17-20-25-21-23/h13-14,16-21H,2-12,15,22H2,1H3/b14-13-,19-16-. The van der Waals surface area contributed by atoms with Gasteiger partial charge < -0.3 is 4.74 Å². The van der Waals surface area contributed by atoms with Crippen molar-refractivity contribution in [2.45, 2.75) is 90.6 Å². The van der Waals surface area contributed by atoms with Crippen LogP contribution >= 0.6 is 0 Å². The van der Waals surface area contributed by atoms with Gasteiger partial charge in [-0.3, -0.25) is 4.98 Å². The zero-order chi connectivity index (χ0) is 19.4. The van der Waals surface area contributed by atoms with Gasteiger partial charge in [0.15, 0.2) is 0 Å². The van der Waals surface area contributed by atoms with Crippen LogP contribution in [0, 0.1) is 0 Å². The lowest BCUT2D eigenvalue weighted by atomic mass is 10.1. The summed E-state index contributed by atoms with van der Waals surface area (Å²) < 4.78 is 5.16. The molecule has 3 heteroatoms. The van der Waals surface area contributed by atoms with Crippen LogP contribution in [0.1, 0.15) is 89.5 Å². The van der Waals surface area contributed by atoms with E-state index in [0.717, 1.165) is 18.4 Å². The van der Waals surface area contributed by atoms with E-state index in [9.17, 15) is 4.79 Å². The van der Waals surface area contributed by atoms with Crippen LogP contribution in [0.25, 0.3) is 0 Å². The molecule has 0 aliphatic rings. The van der Waals surface area contributed by atoms with Crippen LogP contribution in [0.3, 0.4) is 0 Å². The van der Waals surface area contributed by atoms with Crippen molar-refractivity contribution in [3.8, 4) is 0 Å². The van der Waals surface area contributed by atoms with Crippen molar-refractivity contribution < 1.29 is 9.53 Å². The molecule has 0 aliphatic heterocycles. The summed E-state index contributed by atoms with van der Waals surface area (Å²) in [6.45, 7) is 2.54. The average Bonchev–Trinajstić information content (AvgIpc) is 2.70. The zero-order valence-electron chi connectivity index (χ0n) is 17.1. The third-order valence-electron chi connectivity index (χ3n) is 4.52. The average molecular weight is 372 g/mol. The Bertz CT molecular complexity index is 522. The van der Waals surface area contributed by atoms with Gasteiger partial charge in [0.25, 0.3) is 0 Å². The normalized spacial score (nSPS) is 11.4. The Morgan fingerprint density at radius 1 is 0.963 bits per heavy atom. The maximum absolute atomic E-state index is 11.6. The van der Waals surface area contributed by atoms with Gasteiger partial charge >= 0.3 is 5.97 Å². The third kappa shape index (κ3) is 14.9. The van der Waals surface area contributed by atoms with E-state index in [1.165, 1.54) is 70.3 Å². The Balaban J connectivity index is 1.89. The number of pyridine rings is 1. The molecule has 0 N–H and O–H groups in total.